The van der Waals surface area contributed by atoms with E-state index in [-0.39, 0.29) is 28.8 Å². The summed E-state index contributed by atoms with van der Waals surface area (Å²) in [4.78, 5) is 16.3. The number of aliphatic hydroxyl groups is 1. The van der Waals surface area contributed by atoms with Crippen LogP contribution in [0.5, 0.6) is 0 Å². The van der Waals surface area contributed by atoms with E-state index in [2.05, 4.69) is 15.2 Å². The fourth-order valence-corrected chi connectivity index (χ4v) is 3.76. The number of hydrogen-bond donors (Lipinski definition) is 2. The molecule has 1 aliphatic rings. The number of aromatic nitrogens is 5. The van der Waals surface area contributed by atoms with Gasteiger partial charge in [0.15, 0.2) is 11.0 Å². The number of nitriles is 1. The molecule has 0 unspecified atom stereocenters. The molecule has 0 bridgehead atoms. The summed E-state index contributed by atoms with van der Waals surface area (Å²) in [6, 6.07) is 9.77. The molecule has 3 aromatic rings. The van der Waals surface area contributed by atoms with Crippen LogP contribution >= 0.6 is 11.8 Å². The van der Waals surface area contributed by atoms with Gasteiger partial charge in [0.05, 0.1) is 16.8 Å². The topological polar surface area (TPSA) is 113 Å². The number of nitrogens with one attached hydrogen (secondary N) is 1. The number of H-pyrrole nitrogens is 1. The molecule has 0 saturated heterocycles. The Kier molecular flexibility index (Phi) is 4.05. The van der Waals surface area contributed by atoms with E-state index >= 15 is 0 Å². The summed E-state index contributed by atoms with van der Waals surface area (Å²) in [5.41, 5.74) is 1.51. The van der Waals surface area contributed by atoms with Gasteiger partial charge in [0, 0.05) is 13.1 Å². The van der Waals surface area contributed by atoms with Crippen molar-refractivity contribution in [2.45, 2.75) is 24.0 Å². The predicted molar refractivity (Wildman–Crippen MR) is 97.7 cm³/mol. The number of hydrogen-bond acceptors (Lipinski definition) is 6. The maximum Gasteiger partial charge on any atom is 0.344 e. The molecule has 2 N–H and O–H groups in total. The van der Waals surface area contributed by atoms with Gasteiger partial charge in [-0.2, -0.15) is 5.26 Å². The Morgan fingerprint density at radius 2 is 2.23 bits per heavy atom. The number of nitrogens with zero attached hydrogens (tertiary/aromatic N) is 5. The monoisotopic (exact) mass is 368 g/mol. The molecule has 1 saturated carbocycles. The highest BCUT2D eigenvalue weighted by Gasteiger charge is 2.28. The molecule has 1 aliphatic carbocycles. The Balaban J connectivity index is 1.64. The smallest absolute Gasteiger partial charge is 0.344 e. The van der Waals surface area contributed by atoms with Crippen LogP contribution in [0, 0.1) is 11.3 Å². The van der Waals surface area contributed by atoms with Gasteiger partial charge in [-0.1, -0.05) is 23.9 Å². The standard InChI is InChI=1S/C17H16N6O2S/c1-22-13-5-3-2-4-12(13)19-15(22)11(8-18)14(24)9-26-17-21-20-16(25)23(17)10-6-7-10/h2-5,10,24H,6-7,9H2,1H3,(H,20,25)/b14-11-. The number of thioether (sulfide) groups is 1. The first-order valence-electron chi connectivity index (χ1n) is 8.14. The number of aromatic amines is 1. The van der Waals surface area contributed by atoms with Crippen LogP contribution in [-0.4, -0.2) is 35.2 Å². The Morgan fingerprint density at radius 3 is 2.92 bits per heavy atom. The van der Waals surface area contributed by atoms with Crippen LogP contribution in [-0.2, 0) is 7.05 Å². The molecule has 9 heteroatoms. The molecule has 0 atom stereocenters. The molecule has 0 aliphatic heterocycles. The summed E-state index contributed by atoms with van der Waals surface area (Å²) in [5, 5.41) is 27.0. The molecule has 1 aromatic carbocycles. The minimum atomic E-state index is -0.241. The van der Waals surface area contributed by atoms with E-state index in [0.29, 0.717) is 11.0 Å². The van der Waals surface area contributed by atoms with Crippen molar-refractivity contribution in [2.24, 2.45) is 7.05 Å². The Morgan fingerprint density at radius 1 is 1.46 bits per heavy atom. The second-order valence-corrected chi connectivity index (χ2v) is 7.06. The van der Waals surface area contributed by atoms with E-state index in [1.165, 1.54) is 11.8 Å². The van der Waals surface area contributed by atoms with Crippen molar-refractivity contribution in [1.29, 1.82) is 5.26 Å². The van der Waals surface area contributed by atoms with Crippen LogP contribution in [0.3, 0.4) is 0 Å². The molecule has 2 aromatic heterocycles. The van der Waals surface area contributed by atoms with Gasteiger partial charge in [-0.3, -0.25) is 4.57 Å². The van der Waals surface area contributed by atoms with Crippen LogP contribution in [0.1, 0.15) is 24.7 Å². The van der Waals surface area contributed by atoms with Gasteiger partial charge in [-0.15, -0.1) is 5.10 Å². The number of aliphatic hydroxyl groups excluding tert-OH is 1. The van der Waals surface area contributed by atoms with E-state index in [0.717, 1.165) is 23.9 Å². The zero-order valence-electron chi connectivity index (χ0n) is 14.0. The van der Waals surface area contributed by atoms with Crippen molar-refractivity contribution in [3.05, 3.63) is 46.3 Å². The molecule has 8 nitrogen and oxygen atoms in total. The molecule has 0 radical (unpaired) electrons. The number of aryl methyl sites for hydroxylation is 1. The summed E-state index contributed by atoms with van der Waals surface area (Å²) >= 11 is 1.22. The average Bonchev–Trinajstić information content (AvgIpc) is 3.34. The lowest BCUT2D eigenvalue weighted by Gasteiger charge is -2.06. The van der Waals surface area contributed by atoms with Crippen LogP contribution in [0.4, 0.5) is 0 Å². The summed E-state index contributed by atoms with van der Waals surface area (Å²) in [6.07, 6.45) is 1.91. The highest BCUT2D eigenvalue weighted by atomic mass is 32.2. The van der Waals surface area contributed by atoms with Gasteiger partial charge in [0.25, 0.3) is 0 Å². The maximum absolute atomic E-state index is 11.8. The summed E-state index contributed by atoms with van der Waals surface area (Å²) < 4.78 is 3.39. The highest BCUT2D eigenvalue weighted by molar-refractivity contribution is 7.99. The number of para-hydroxylation sites is 2. The first kappa shape index (κ1) is 16.5. The molecular formula is C17H16N6O2S. The van der Waals surface area contributed by atoms with Crippen molar-refractivity contribution < 1.29 is 5.11 Å². The van der Waals surface area contributed by atoms with Crippen molar-refractivity contribution in [3.63, 3.8) is 0 Å². The molecular weight excluding hydrogens is 352 g/mol. The van der Waals surface area contributed by atoms with Gasteiger partial charge in [-0.05, 0) is 25.0 Å². The van der Waals surface area contributed by atoms with Gasteiger partial charge >= 0.3 is 5.69 Å². The SMILES string of the molecule is Cn1c(/C(C#N)=C(\O)CSc2n[nH]c(=O)n2C2CC2)nc2ccccc21. The zero-order chi connectivity index (χ0) is 18.3. The lowest BCUT2D eigenvalue weighted by Crippen LogP contribution is -2.16. The van der Waals surface area contributed by atoms with E-state index in [1.54, 1.807) is 16.2 Å². The largest absolute Gasteiger partial charge is 0.510 e. The first-order chi connectivity index (χ1) is 12.6. The molecule has 4 rings (SSSR count). The predicted octanol–water partition coefficient (Wildman–Crippen LogP) is 2.38. The first-order valence-corrected chi connectivity index (χ1v) is 9.12. The normalized spacial score (nSPS) is 15.1. The lowest BCUT2D eigenvalue weighted by atomic mass is 10.2. The minimum absolute atomic E-state index is 0.0892. The van der Waals surface area contributed by atoms with Crippen LogP contribution in [0.25, 0.3) is 16.6 Å². The van der Waals surface area contributed by atoms with Crippen molar-refractivity contribution in [2.75, 3.05) is 5.75 Å². The molecule has 0 amide bonds. The fourth-order valence-electron chi connectivity index (χ4n) is 2.86. The lowest BCUT2D eigenvalue weighted by molar-refractivity contribution is 0.420. The number of imidazole rings is 1. The van der Waals surface area contributed by atoms with Gasteiger partial charge < -0.3 is 9.67 Å². The molecule has 26 heavy (non-hydrogen) atoms. The number of fused-ring (bicyclic) bond motifs is 1. The molecule has 2 heterocycles. The third-order valence-corrected chi connectivity index (χ3v) is 5.30. The summed E-state index contributed by atoms with van der Waals surface area (Å²) in [7, 11) is 1.81. The maximum atomic E-state index is 11.8. The number of benzene rings is 1. The van der Waals surface area contributed by atoms with Gasteiger partial charge in [0.1, 0.15) is 17.4 Å². The highest BCUT2D eigenvalue weighted by Crippen LogP contribution is 2.36. The van der Waals surface area contributed by atoms with Crippen LogP contribution < -0.4 is 5.69 Å². The summed E-state index contributed by atoms with van der Waals surface area (Å²) in [6.45, 7) is 0. The molecule has 1 fully saturated rings. The average molecular weight is 368 g/mol. The third-order valence-electron chi connectivity index (χ3n) is 4.33. The fraction of sp³-hybridized carbons (Fsp3) is 0.294. The van der Waals surface area contributed by atoms with E-state index < -0.39 is 0 Å². The third kappa shape index (κ3) is 2.78. The van der Waals surface area contributed by atoms with Crippen LogP contribution in [0.2, 0.25) is 0 Å². The van der Waals surface area contributed by atoms with Crippen molar-refractivity contribution in [3.8, 4) is 6.07 Å². The minimum Gasteiger partial charge on any atom is -0.510 e. The second-order valence-electron chi connectivity index (χ2n) is 6.12. The van der Waals surface area contributed by atoms with Crippen molar-refractivity contribution >= 4 is 28.4 Å². The Hall–Kier alpha value is -2.99. The number of allylic oxidation sites excluding steroid dienone is 1. The van der Waals surface area contributed by atoms with Gasteiger partial charge in [0.2, 0.25) is 0 Å². The van der Waals surface area contributed by atoms with Crippen LogP contribution in [0.15, 0.2) is 40.0 Å². The number of rotatable bonds is 5. The molecule has 0 spiro atoms. The summed E-state index contributed by atoms with van der Waals surface area (Å²) in [5.74, 6) is 0.449. The van der Waals surface area contributed by atoms with Crippen molar-refractivity contribution in [1.82, 2.24) is 24.3 Å². The van der Waals surface area contributed by atoms with E-state index in [9.17, 15) is 15.2 Å². The Labute approximate surface area is 152 Å². The quantitative estimate of drug-likeness (QED) is 0.406. The van der Waals surface area contributed by atoms with E-state index in [1.807, 2.05) is 30.3 Å². The van der Waals surface area contributed by atoms with E-state index in [4.69, 9.17) is 0 Å². The molecule has 132 valence electrons. The van der Waals surface area contributed by atoms with Gasteiger partial charge in [-0.25, -0.2) is 14.9 Å². The Bertz CT molecular complexity index is 1110. The zero-order valence-corrected chi connectivity index (χ0v) is 14.8. The second kappa shape index (κ2) is 6.38.